The van der Waals surface area contributed by atoms with Crippen LogP contribution in [0.4, 0.5) is 0 Å². The van der Waals surface area contributed by atoms with Gasteiger partial charge in [0.25, 0.3) is 0 Å². The van der Waals surface area contributed by atoms with Crippen molar-refractivity contribution in [3.63, 3.8) is 0 Å². The van der Waals surface area contributed by atoms with Gasteiger partial charge >= 0.3 is 5.97 Å². The van der Waals surface area contributed by atoms with E-state index in [9.17, 15) is 4.79 Å². The molecule has 0 aromatic carbocycles. The molecule has 0 radical (unpaired) electrons. The minimum atomic E-state index is -0.489. The first kappa shape index (κ1) is 15.5. The van der Waals surface area contributed by atoms with E-state index in [4.69, 9.17) is 16.3 Å². The molecule has 8 heteroatoms. The summed E-state index contributed by atoms with van der Waals surface area (Å²) in [5.41, 5.74) is 2.53. The predicted octanol–water partition coefficient (Wildman–Crippen LogP) is 1.93. The molecule has 0 saturated heterocycles. The molecule has 0 aliphatic rings. The van der Waals surface area contributed by atoms with Gasteiger partial charge in [-0.05, 0) is 12.8 Å². The van der Waals surface area contributed by atoms with Crippen molar-refractivity contribution >= 4 is 17.6 Å². The zero-order valence-corrected chi connectivity index (χ0v) is 13.5. The number of esters is 1. The minimum Gasteiger partial charge on any atom is -0.464 e. The van der Waals surface area contributed by atoms with Gasteiger partial charge in [-0.3, -0.25) is 4.68 Å². The number of methoxy groups -OCH3 is 1. The Morgan fingerprint density at radius 3 is 2.57 bits per heavy atom. The highest BCUT2D eigenvalue weighted by Crippen LogP contribution is 2.23. The standard InChI is InChI=1S/C13H18ClN5O2/c1-7(2)12-11(13(20)21-5)15-17-19(12)6-9-10(14)8(3)16-18(9)4/h7H,6H2,1-5H3. The van der Waals surface area contributed by atoms with E-state index in [1.54, 1.807) is 9.36 Å². The van der Waals surface area contributed by atoms with E-state index in [1.807, 2.05) is 27.8 Å². The van der Waals surface area contributed by atoms with Crippen LogP contribution in [-0.2, 0) is 18.3 Å². The third-order valence-electron chi connectivity index (χ3n) is 3.26. The molecule has 0 saturated carbocycles. The first-order chi connectivity index (χ1) is 9.86. The molecule has 0 fully saturated rings. The molecule has 7 nitrogen and oxygen atoms in total. The van der Waals surface area contributed by atoms with Crippen molar-refractivity contribution in [2.45, 2.75) is 33.2 Å². The molecule has 2 heterocycles. The third kappa shape index (κ3) is 2.78. The Hall–Kier alpha value is -1.89. The molecule has 2 aromatic rings. The highest BCUT2D eigenvalue weighted by atomic mass is 35.5. The summed E-state index contributed by atoms with van der Waals surface area (Å²) < 4.78 is 8.12. The minimum absolute atomic E-state index is 0.0715. The third-order valence-corrected chi connectivity index (χ3v) is 3.75. The lowest BCUT2D eigenvalue weighted by Crippen LogP contribution is -2.13. The zero-order chi connectivity index (χ0) is 15.7. The average Bonchev–Trinajstić information content (AvgIpc) is 2.95. The van der Waals surface area contributed by atoms with Crippen LogP contribution < -0.4 is 0 Å². The molecule has 0 bridgehead atoms. The number of carbonyl (C=O) groups excluding carboxylic acids is 1. The van der Waals surface area contributed by atoms with Crippen molar-refractivity contribution in [2.24, 2.45) is 7.05 Å². The Morgan fingerprint density at radius 1 is 1.43 bits per heavy atom. The van der Waals surface area contributed by atoms with Crippen molar-refractivity contribution < 1.29 is 9.53 Å². The highest BCUT2D eigenvalue weighted by Gasteiger charge is 2.24. The van der Waals surface area contributed by atoms with Gasteiger partial charge in [-0.2, -0.15) is 5.10 Å². The van der Waals surface area contributed by atoms with Crippen LogP contribution in [-0.4, -0.2) is 37.9 Å². The van der Waals surface area contributed by atoms with Gasteiger partial charge in [0.05, 0.1) is 35.8 Å². The lowest BCUT2D eigenvalue weighted by molar-refractivity contribution is 0.0592. The van der Waals surface area contributed by atoms with Crippen LogP contribution in [0.1, 0.15) is 47.3 Å². The average molecular weight is 312 g/mol. The maximum atomic E-state index is 11.8. The second-order valence-corrected chi connectivity index (χ2v) is 5.47. The predicted molar refractivity (Wildman–Crippen MR) is 77.5 cm³/mol. The van der Waals surface area contributed by atoms with Gasteiger partial charge < -0.3 is 4.74 Å². The Balaban J connectivity index is 2.45. The van der Waals surface area contributed by atoms with E-state index in [1.165, 1.54) is 7.11 Å². The van der Waals surface area contributed by atoms with E-state index in [2.05, 4.69) is 15.4 Å². The lowest BCUT2D eigenvalue weighted by atomic mass is 10.1. The SMILES string of the molecule is COC(=O)c1nnn(Cc2c(Cl)c(C)nn2C)c1C(C)C. The van der Waals surface area contributed by atoms with Gasteiger partial charge in [0.15, 0.2) is 5.69 Å². The number of hydrogen-bond donors (Lipinski definition) is 0. The van der Waals surface area contributed by atoms with Gasteiger partial charge in [0.2, 0.25) is 0 Å². The summed E-state index contributed by atoms with van der Waals surface area (Å²) in [6.45, 7) is 6.18. The van der Waals surface area contributed by atoms with Crippen LogP contribution in [0.15, 0.2) is 0 Å². The summed E-state index contributed by atoms with van der Waals surface area (Å²) in [5.74, 6) is -0.417. The van der Waals surface area contributed by atoms with E-state index in [0.29, 0.717) is 11.6 Å². The number of halogens is 1. The summed E-state index contributed by atoms with van der Waals surface area (Å²) in [6, 6.07) is 0. The molecular weight excluding hydrogens is 294 g/mol. The van der Waals surface area contributed by atoms with Gasteiger partial charge in [-0.15, -0.1) is 5.10 Å². The Kier molecular flexibility index (Phi) is 4.32. The van der Waals surface area contributed by atoms with Gasteiger partial charge in [-0.1, -0.05) is 30.7 Å². The lowest BCUT2D eigenvalue weighted by Gasteiger charge is -2.11. The van der Waals surface area contributed by atoms with E-state index in [0.717, 1.165) is 17.1 Å². The fourth-order valence-electron chi connectivity index (χ4n) is 2.24. The molecule has 0 aliphatic heterocycles. The quantitative estimate of drug-likeness (QED) is 0.807. The highest BCUT2D eigenvalue weighted by molar-refractivity contribution is 6.31. The Morgan fingerprint density at radius 2 is 2.10 bits per heavy atom. The van der Waals surface area contributed by atoms with Crippen LogP contribution in [0.5, 0.6) is 0 Å². The first-order valence-electron chi connectivity index (χ1n) is 6.56. The smallest absolute Gasteiger partial charge is 0.360 e. The van der Waals surface area contributed by atoms with Crippen LogP contribution >= 0.6 is 11.6 Å². The van der Waals surface area contributed by atoms with Gasteiger partial charge in [0.1, 0.15) is 0 Å². The Bertz CT molecular complexity index is 674. The number of ether oxygens (including phenoxy) is 1. The molecule has 0 N–H and O–H groups in total. The van der Waals surface area contributed by atoms with Crippen LogP contribution in [0.2, 0.25) is 5.02 Å². The maximum absolute atomic E-state index is 11.8. The zero-order valence-electron chi connectivity index (χ0n) is 12.7. The molecule has 2 rings (SSSR count). The molecule has 21 heavy (non-hydrogen) atoms. The van der Waals surface area contributed by atoms with Crippen molar-refractivity contribution in [1.82, 2.24) is 24.8 Å². The molecule has 0 unspecified atom stereocenters. The first-order valence-corrected chi connectivity index (χ1v) is 6.94. The molecule has 0 amide bonds. The van der Waals surface area contributed by atoms with Crippen molar-refractivity contribution in [1.29, 1.82) is 0 Å². The number of nitrogens with zero attached hydrogens (tertiary/aromatic N) is 5. The largest absolute Gasteiger partial charge is 0.464 e. The number of aromatic nitrogens is 5. The molecule has 0 spiro atoms. The van der Waals surface area contributed by atoms with Gasteiger partial charge in [0, 0.05) is 7.05 Å². The fraction of sp³-hybridized carbons (Fsp3) is 0.538. The fourth-order valence-corrected chi connectivity index (χ4v) is 2.46. The molecular formula is C13H18ClN5O2. The molecule has 0 aliphatic carbocycles. The van der Waals surface area contributed by atoms with Crippen molar-refractivity contribution in [3.8, 4) is 0 Å². The number of hydrogen-bond acceptors (Lipinski definition) is 5. The summed E-state index contributed by atoms with van der Waals surface area (Å²) in [6.07, 6.45) is 0. The van der Waals surface area contributed by atoms with Crippen molar-refractivity contribution in [3.05, 3.63) is 27.8 Å². The molecule has 114 valence electrons. The maximum Gasteiger partial charge on any atom is 0.360 e. The number of rotatable bonds is 4. The monoisotopic (exact) mass is 311 g/mol. The summed E-state index contributed by atoms with van der Waals surface area (Å²) in [5, 5.41) is 12.9. The van der Waals surface area contributed by atoms with Crippen LogP contribution in [0, 0.1) is 6.92 Å². The molecule has 0 atom stereocenters. The molecule has 2 aromatic heterocycles. The van der Waals surface area contributed by atoms with E-state index in [-0.39, 0.29) is 11.6 Å². The summed E-state index contributed by atoms with van der Waals surface area (Å²) in [7, 11) is 3.15. The van der Waals surface area contributed by atoms with Crippen molar-refractivity contribution in [2.75, 3.05) is 7.11 Å². The Labute approximate surface area is 127 Å². The van der Waals surface area contributed by atoms with E-state index >= 15 is 0 Å². The number of carbonyl (C=O) groups is 1. The summed E-state index contributed by atoms with van der Waals surface area (Å²) in [4.78, 5) is 11.8. The second kappa shape index (κ2) is 5.85. The van der Waals surface area contributed by atoms with Crippen LogP contribution in [0.3, 0.4) is 0 Å². The van der Waals surface area contributed by atoms with Gasteiger partial charge in [-0.25, -0.2) is 9.48 Å². The normalized spacial score (nSPS) is 11.2. The van der Waals surface area contributed by atoms with E-state index < -0.39 is 5.97 Å². The second-order valence-electron chi connectivity index (χ2n) is 5.10. The van der Waals surface area contributed by atoms with Crippen LogP contribution in [0.25, 0.3) is 0 Å². The number of aryl methyl sites for hydroxylation is 2. The summed E-state index contributed by atoms with van der Waals surface area (Å²) >= 11 is 6.26. The topological polar surface area (TPSA) is 74.8 Å².